The Kier molecular flexibility index (Phi) is 5.57. The van der Waals surface area contributed by atoms with Gasteiger partial charge in [-0.15, -0.1) is 0 Å². The number of aromatic nitrogens is 2. The van der Waals surface area contributed by atoms with Crippen LogP contribution in [0, 0.1) is 6.92 Å². The van der Waals surface area contributed by atoms with E-state index in [9.17, 15) is 0 Å². The molecule has 2 aromatic rings. The van der Waals surface area contributed by atoms with Gasteiger partial charge in [-0.1, -0.05) is 44.2 Å². The molecule has 0 aliphatic carbocycles. The molecule has 1 N–H and O–H groups in total. The fraction of sp³-hybridized carbons (Fsp3) is 0.500. The highest BCUT2D eigenvalue weighted by molar-refractivity contribution is 5.23. The summed E-state index contributed by atoms with van der Waals surface area (Å²) in [6.45, 7) is 10.5. The number of aryl methyl sites for hydroxylation is 2. The van der Waals surface area contributed by atoms with Crippen LogP contribution in [0.1, 0.15) is 43.6 Å². The van der Waals surface area contributed by atoms with Crippen LogP contribution < -0.4 is 5.32 Å². The van der Waals surface area contributed by atoms with Gasteiger partial charge in [0.2, 0.25) is 0 Å². The summed E-state index contributed by atoms with van der Waals surface area (Å²) >= 11 is 0. The molecule has 0 bridgehead atoms. The molecule has 1 aromatic heterocycles. The van der Waals surface area contributed by atoms with Crippen molar-refractivity contribution in [1.29, 1.82) is 0 Å². The fourth-order valence-corrected chi connectivity index (χ4v) is 2.70. The van der Waals surface area contributed by atoms with Crippen molar-refractivity contribution >= 4 is 0 Å². The van der Waals surface area contributed by atoms with Gasteiger partial charge >= 0.3 is 0 Å². The minimum atomic E-state index is 0.481. The molecule has 0 fully saturated rings. The molecule has 0 spiro atoms. The zero-order chi connectivity index (χ0) is 15.2. The molecule has 0 saturated carbocycles. The van der Waals surface area contributed by atoms with E-state index in [-0.39, 0.29) is 0 Å². The van der Waals surface area contributed by atoms with Gasteiger partial charge in [0.1, 0.15) is 0 Å². The van der Waals surface area contributed by atoms with E-state index in [1.165, 1.54) is 11.3 Å². The number of nitrogens with one attached hydrogen (secondary N) is 1. The van der Waals surface area contributed by atoms with Crippen molar-refractivity contribution in [2.24, 2.45) is 0 Å². The quantitative estimate of drug-likeness (QED) is 0.843. The van der Waals surface area contributed by atoms with Crippen LogP contribution in [0.4, 0.5) is 0 Å². The predicted molar refractivity (Wildman–Crippen MR) is 88.7 cm³/mol. The van der Waals surface area contributed by atoms with Gasteiger partial charge in [-0.05, 0) is 31.9 Å². The summed E-state index contributed by atoms with van der Waals surface area (Å²) in [6, 6.07) is 13.5. The molecule has 3 heteroatoms. The maximum Gasteiger partial charge on any atom is 0.0596 e. The van der Waals surface area contributed by atoms with Crippen LogP contribution in [0.15, 0.2) is 36.4 Å². The monoisotopic (exact) mass is 285 g/mol. The van der Waals surface area contributed by atoms with E-state index in [2.05, 4.69) is 79.2 Å². The number of nitrogens with zero attached hydrogens (tertiary/aromatic N) is 2. The van der Waals surface area contributed by atoms with E-state index in [4.69, 9.17) is 0 Å². The molecule has 1 unspecified atom stereocenters. The van der Waals surface area contributed by atoms with Crippen molar-refractivity contribution in [2.45, 2.75) is 52.6 Å². The van der Waals surface area contributed by atoms with Crippen LogP contribution in [0.2, 0.25) is 0 Å². The summed E-state index contributed by atoms with van der Waals surface area (Å²) in [7, 11) is 0. The molecule has 21 heavy (non-hydrogen) atoms. The highest BCUT2D eigenvalue weighted by Crippen LogP contribution is 2.21. The van der Waals surface area contributed by atoms with Crippen LogP contribution in [0.5, 0.6) is 0 Å². The molecular formula is C18H27N3. The molecule has 0 amide bonds. The van der Waals surface area contributed by atoms with E-state index >= 15 is 0 Å². The van der Waals surface area contributed by atoms with Crippen molar-refractivity contribution in [3.05, 3.63) is 53.3 Å². The van der Waals surface area contributed by atoms with Crippen LogP contribution in [0.25, 0.3) is 0 Å². The third-order valence-corrected chi connectivity index (χ3v) is 3.78. The summed E-state index contributed by atoms with van der Waals surface area (Å²) < 4.78 is 2.13. The fourth-order valence-electron chi connectivity index (χ4n) is 2.70. The third-order valence-electron chi connectivity index (χ3n) is 3.78. The summed E-state index contributed by atoms with van der Waals surface area (Å²) in [5.41, 5.74) is 3.83. The largest absolute Gasteiger partial charge is 0.314 e. The van der Waals surface area contributed by atoms with Gasteiger partial charge in [-0.2, -0.15) is 5.10 Å². The smallest absolute Gasteiger partial charge is 0.0596 e. The second kappa shape index (κ2) is 7.41. The van der Waals surface area contributed by atoms with E-state index in [0.717, 1.165) is 25.2 Å². The van der Waals surface area contributed by atoms with Gasteiger partial charge in [-0.3, -0.25) is 4.68 Å². The molecule has 114 valence electrons. The third kappa shape index (κ3) is 4.43. The SMILES string of the molecule is CCn1nc(C)cc1CC(CNC(C)C)c1ccccc1. The maximum atomic E-state index is 4.57. The Morgan fingerprint density at radius 1 is 1.19 bits per heavy atom. The molecule has 0 radical (unpaired) electrons. The highest BCUT2D eigenvalue weighted by Gasteiger charge is 2.15. The molecule has 2 rings (SSSR count). The normalized spacial score (nSPS) is 12.8. The number of benzene rings is 1. The minimum absolute atomic E-state index is 0.481. The molecule has 3 nitrogen and oxygen atoms in total. The minimum Gasteiger partial charge on any atom is -0.314 e. The second-order valence-corrected chi connectivity index (χ2v) is 5.97. The van der Waals surface area contributed by atoms with Crippen LogP contribution >= 0.6 is 0 Å². The van der Waals surface area contributed by atoms with Crippen LogP contribution in [-0.2, 0) is 13.0 Å². The Morgan fingerprint density at radius 2 is 1.90 bits per heavy atom. The zero-order valence-corrected chi connectivity index (χ0v) is 13.6. The van der Waals surface area contributed by atoms with Crippen molar-refractivity contribution in [3.63, 3.8) is 0 Å². The standard InChI is InChI=1S/C18H27N3/c1-5-21-18(11-15(4)20-21)12-17(13-19-14(2)3)16-9-7-6-8-10-16/h6-11,14,17,19H,5,12-13H2,1-4H3. The van der Waals surface area contributed by atoms with Gasteiger partial charge in [0.15, 0.2) is 0 Å². The van der Waals surface area contributed by atoms with E-state index in [1.54, 1.807) is 0 Å². The summed E-state index contributed by atoms with van der Waals surface area (Å²) in [5, 5.41) is 8.15. The summed E-state index contributed by atoms with van der Waals surface area (Å²) in [6.07, 6.45) is 1.03. The molecular weight excluding hydrogens is 258 g/mol. The first-order chi connectivity index (χ1) is 10.1. The number of rotatable bonds is 7. The van der Waals surface area contributed by atoms with Crippen LogP contribution in [0.3, 0.4) is 0 Å². The van der Waals surface area contributed by atoms with Crippen molar-refractivity contribution in [3.8, 4) is 0 Å². The molecule has 0 aliphatic heterocycles. The highest BCUT2D eigenvalue weighted by atomic mass is 15.3. The van der Waals surface area contributed by atoms with E-state index in [1.807, 2.05) is 0 Å². The summed E-state index contributed by atoms with van der Waals surface area (Å²) in [4.78, 5) is 0. The molecule has 1 aromatic carbocycles. The Balaban J connectivity index is 2.19. The Hall–Kier alpha value is -1.61. The van der Waals surface area contributed by atoms with Crippen LogP contribution in [-0.4, -0.2) is 22.4 Å². The molecule has 0 saturated heterocycles. The first kappa shape index (κ1) is 15.8. The maximum absolute atomic E-state index is 4.57. The van der Waals surface area contributed by atoms with E-state index in [0.29, 0.717) is 12.0 Å². The topological polar surface area (TPSA) is 29.9 Å². The van der Waals surface area contributed by atoms with E-state index < -0.39 is 0 Å². The van der Waals surface area contributed by atoms with Gasteiger partial charge in [0, 0.05) is 30.7 Å². The lowest BCUT2D eigenvalue weighted by molar-refractivity contribution is 0.509. The van der Waals surface area contributed by atoms with Crippen molar-refractivity contribution in [2.75, 3.05) is 6.54 Å². The second-order valence-electron chi connectivity index (χ2n) is 5.97. The Labute approximate surface area is 128 Å². The predicted octanol–water partition coefficient (Wildman–Crippen LogP) is 3.54. The first-order valence-corrected chi connectivity index (χ1v) is 7.91. The average Bonchev–Trinajstić information content (AvgIpc) is 2.84. The molecule has 0 aliphatic rings. The zero-order valence-electron chi connectivity index (χ0n) is 13.6. The van der Waals surface area contributed by atoms with Crippen molar-refractivity contribution in [1.82, 2.24) is 15.1 Å². The lowest BCUT2D eigenvalue weighted by Gasteiger charge is -2.20. The number of hydrogen-bond donors (Lipinski definition) is 1. The van der Waals surface area contributed by atoms with Crippen molar-refractivity contribution < 1.29 is 0 Å². The van der Waals surface area contributed by atoms with Gasteiger partial charge < -0.3 is 5.32 Å². The lowest BCUT2D eigenvalue weighted by Crippen LogP contribution is -2.29. The van der Waals surface area contributed by atoms with Gasteiger partial charge in [0.25, 0.3) is 0 Å². The lowest BCUT2D eigenvalue weighted by atomic mass is 9.93. The first-order valence-electron chi connectivity index (χ1n) is 7.91. The average molecular weight is 285 g/mol. The molecule has 1 heterocycles. The number of hydrogen-bond acceptors (Lipinski definition) is 2. The molecule has 1 atom stereocenters. The van der Waals surface area contributed by atoms with Gasteiger partial charge in [0.05, 0.1) is 5.69 Å². The Bertz CT molecular complexity index is 543. The Morgan fingerprint density at radius 3 is 2.52 bits per heavy atom. The summed E-state index contributed by atoms with van der Waals surface area (Å²) in [5.74, 6) is 0.481. The van der Waals surface area contributed by atoms with Gasteiger partial charge in [-0.25, -0.2) is 0 Å².